The van der Waals surface area contributed by atoms with E-state index in [1.807, 2.05) is 11.8 Å². The number of hydrogen-bond acceptors (Lipinski definition) is 3. The number of hydrogen-bond donors (Lipinski definition) is 1. The molecule has 0 fully saturated rings. The Labute approximate surface area is 98.3 Å². The quantitative estimate of drug-likeness (QED) is 0.798. The van der Waals surface area contributed by atoms with Crippen molar-refractivity contribution in [3.8, 4) is 0 Å². The molecule has 15 heavy (non-hydrogen) atoms. The number of aliphatic imine (C=N–C) groups is 1. The molecule has 1 unspecified atom stereocenters. The number of thioether (sulfide) groups is 1. The van der Waals surface area contributed by atoms with Gasteiger partial charge in [-0.05, 0) is 18.3 Å². The highest BCUT2D eigenvalue weighted by atomic mass is 32.2. The van der Waals surface area contributed by atoms with Crippen molar-refractivity contribution in [3.05, 3.63) is 0 Å². The zero-order valence-corrected chi connectivity index (χ0v) is 11.3. The zero-order chi connectivity index (χ0) is 11.3. The Morgan fingerprint density at radius 2 is 2.20 bits per heavy atom. The average molecular weight is 228 g/mol. The van der Waals surface area contributed by atoms with E-state index in [-0.39, 0.29) is 0 Å². The van der Waals surface area contributed by atoms with Crippen molar-refractivity contribution in [1.82, 2.24) is 5.32 Å². The van der Waals surface area contributed by atoms with Gasteiger partial charge in [-0.2, -0.15) is 0 Å². The number of rotatable bonds is 4. The Morgan fingerprint density at radius 1 is 1.47 bits per heavy atom. The van der Waals surface area contributed by atoms with E-state index in [9.17, 15) is 0 Å². The van der Waals surface area contributed by atoms with Gasteiger partial charge in [-0.1, -0.05) is 45.9 Å². The van der Waals surface area contributed by atoms with Crippen LogP contribution in [0.4, 0.5) is 0 Å². The Bertz CT molecular complexity index is 218. The van der Waals surface area contributed by atoms with Crippen molar-refractivity contribution in [3.63, 3.8) is 0 Å². The van der Waals surface area contributed by atoms with Gasteiger partial charge in [0, 0.05) is 11.8 Å². The summed E-state index contributed by atoms with van der Waals surface area (Å²) in [4.78, 5) is 4.52. The summed E-state index contributed by atoms with van der Waals surface area (Å²) in [5.41, 5.74) is 0.416. The van der Waals surface area contributed by atoms with E-state index in [2.05, 4.69) is 38.0 Å². The molecule has 0 aromatic rings. The van der Waals surface area contributed by atoms with Crippen LogP contribution in [0.15, 0.2) is 4.99 Å². The lowest BCUT2D eigenvalue weighted by Crippen LogP contribution is -2.24. The minimum Gasteiger partial charge on any atom is -0.365 e. The van der Waals surface area contributed by atoms with Crippen molar-refractivity contribution in [2.75, 3.05) is 13.1 Å². The fraction of sp³-hybridized carbons (Fsp3) is 0.917. The van der Waals surface area contributed by atoms with Crippen LogP contribution in [0.2, 0.25) is 0 Å². The minimum atomic E-state index is 0.416. The molecule has 0 saturated carbocycles. The van der Waals surface area contributed by atoms with Gasteiger partial charge in [-0.25, -0.2) is 0 Å². The first-order chi connectivity index (χ1) is 7.01. The van der Waals surface area contributed by atoms with Crippen LogP contribution in [0.5, 0.6) is 0 Å². The standard InChI is InChI=1S/C12H24N2S/c1-5-6-10-9-14-11(15-10)13-8-7-12(2,3)4/h10H,5-9H2,1-4H3,(H,13,14). The highest BCUT2D eigenvalue weighted by Crippen LogP contribution is 2.24. The molecule has 0 aliphatic carbocycles. The van der Waals surface area contributed by atoms with Gasteiger partial charge in [-0.15, -0.1) is 0 Å². The summed E-state index contributed by atoms with van der Waals surface area (Å²) in [5, 5.41) is 5.33. The van der Waals surface area contributed by atoms with Crippen LogP contribution in [0, 0.1) is 5.41 Å². The van der Waals surface area contributed by atoms with Crippen LogP contribution in [-0.2, 0) is 0 Å². The SMILES string of the molecule is CCCC1CN=C(NCCC(C)(C)C)S1. The second-order valence-electron chi connectivity index (χ2n) is 5.41. The topological polar surface area (TPSA) is 24.4 Å². The van der Waals surface area contributed by atoms with E-state index in [1.165, 1.54) is 19.3 Å². The summed E-state index contributed by atoms with van der Waals surface area (Å²) in [6, 6.07) is 0. The second kappa shape index (κ2) is 5.78. The third kappa shape index (κ3) is 5.45. The van der Waals surface area contributed by atoms with Gasteiger partial charge < -0.3 is 5.32 Å². The van der Waals surface area contributed by atoms with Crippen molar-refractivity contribution in [2.45, 2.75) is 52.2 Å². The summed E-state index contributed by atoms with van der Waals surface area (Å²) < 4.78 is 0. The van der Waals surface area contributed by atoms with E-state index < -0.39 is 0 Å². The molecule has 1 aliphatic rings. The molecule has 0 bridgehead atoms. The van der Waals surface area contributed by atoms with Crippen LogP contribution in [0.1, 0.15) is 47.0 Å². The lowest BCUT2D eigenvalue weighted by Gasteiger charge is -2.18. The third-order valence-corrected chi connectivity index (χ3v) is 3.69. The normalized spacial score (nSPS) is 21.6. The summed E-state index contributed by atoms with van der Waals surface area (Å²) in [6.07, 6.45) is 3.76. The Kier molecular flexibility index (Phi) is 4.97. The van der Waals surface area contributed by atoms with Crippen LogP contribution in [0.25, 0.3) is 0 Å². The van der Waals surface area contributed by atoms with Gasteiger partial charge in [0.05, 0.1) is 6.54 Å². The van der Waals surface area contributed by atoms with Crippen LogP contribution >= 0.6 is 11.8 Å². The first-order valence-electron chi connectivity index (χ1n) is 5.96. The first kappa shape index (κ1) is 12.9. The maximum Gasteiger partial charge on any atom is 0.156 e. The number of nitrogens with one attached hydrogen (secondary N) is 1. The van der Waals surface area contributed by atoms with Crippen LogP contribution in [0.3, 0.4) is 0 Å². The summed E-state index contributed by atoms with van der Waals surface area (Å²) in [7, 11) is 0. The predicted octanol–water partition coefficient (Wildman–Crippen LogP) is 3.28. The monoisotopic (exact) mass is 228 g/mol. The fourth-order valence-corrected chi connectivity index (χ4v) is 2.68. The number of nitrogens with zero attached hydrogens (tertiary/aromatic N) is 1. The third-order valence-electron chi connectivity index (χ3n) is 2.48. The van der Waals surface area contributed by atoms with Crippen molar-refractivity contribution >= 4 is 16.9 Å². The molecule has 1 atom stereocenters. The van der Waals surface area contributed by atoms with Gasteiger partial charge in [-0.3, -0.25) is 4.99 Å². The minimum absolute atomic E-state index is 0.416. The van der Waals surface area contributed by atoms with E-state index in [1.54, 1.807) is 0 Å². The molecule has 0 amide bonds. The maximum atomic E-state index is 4.52. The van der Waals surface area contributed by atoms with Crippen molar-refractivity contribution in [2.24, 2.45) is 10.4 Å². The second-order valence-corrected chi connectivity index (χ2v) is 6.70. The Hall–Kier alpha value is -0.180. The molecule has 1 aliphatic heterocycles. The zero-order valence-electron chi connectivity index (χ0n) is 10.5. The molecular weight excluding hydrogens is 204 g/mol. The molecule has 0 radical (unpaired) electrons. The van der Waals surface area contributed by atoms with Crippen LogP contribution in [-0.4, -0.2) is 23.5 Å². The average Bonchev–Trinajstić information content (AvgIpc) is 2.51. The molecule has 3 heteroatoms. The fourth-order valence-electron chi connectivity index (χ4n) is 1.53. The molecule has 0 aromatic heterocycles. The maximum absolute atomic E-state index is 4.52. The molecule has 1 rings (SSSR count). The Morgan fingerprint density at radius 3 is 2.80 bits per heavy atom. The smallest absolute Gasteiger partial charge is 0.156 e. The molecule has 2 nitrogen and oxygen atoms in total. The van der Waals surface area contributed by atoms with E-state index >= 15 is 0 Å². The molecule has 88 valence electrons. The lowest BCUT2D eigenvalue weighted by atomic mass is 9.92. The Balaban J connectivity index is 2.14. The summed E-state index contributed by atoms with van der Waals surface area (Å²) in [5.74, 6) is 0. The summed E-state index contributed by atoms with van der Waals surface area (Å²) in [6.45, 7) is 11.1. The van der Waals surface area contributed by atoms with Gasteiger partial charge in [0.2, 0.25) is 0 Å². The molecule has 0 aromatic carbocycles. The molecule has 0 saturated heterocycles. The van der Waals surface area contributed by atoms with Crippen LogP contribution < -0.4 is 5.32 Å². The lowest BCUT2D eigenvalue weighted by molar-refractivity contribution is 0.378. The first-order valence-corrected chi connectivity index (χ1v) is 6.84. The van der Waals surface area contributed by atoms with E-state index in [4.69, 9.17) is 0 Å². The molecular formula is C12H24N2S. The van der Waals surface area contributed by atoms with Crippen molar-refractivity contribution < 1.29 is 0 Å². The van der Waals surface area contributed by atoms with Gasteiger partial charge in [0.25, 0.3) is 0 Å². The van der Waals surface area contributed by atoms with Gasteiger partial charge >= 0.3 is 0 Å². The molecule has 0 spiro atoms. The predicted molar refractivity (Wildman–Crippen MR) is 70.7 cm³/mol. The number of amidine groups is 1. The van der Waals surface area contributed by atoms with Crippen molar-refractivity contribution in [1.29, 1.82) is 0 Å². The van der Waals surface area contributed by atoms with Gasteiger partial charge in [0.15, 0.2) is 5.17 Å². The molecule has 1 N–H and O–H groups in total. The largest absolute Gasteiger partial charge is 0.365 e. The highest BCUT2D eigenvalue weighted by molar-refractivity contribution is 8.14. The van der Waals surface area contributed by atoms with E-state index in [0.717, 1.165) is 23.5 Å². The molecule has 1 heterocycles. The summed E-state index contributed by atoms with van der Waals surface area (Å²) >= 11 is 1.92. The highest BCUT2D eigenvalue weighted by Gasteiger charge is 2.18. The van der Waals surface area contributed by atoms with E-state index in [0.29, 0.717) is 5.41 Å². The van der Waals surface area contributed by atoms with Gasteiger partial charge in [0.1, 0.15) is 0 Å².